The van der Waals surface area contributed by atoms with Crippen molar-refractivity contribution in [3.05, 3.63) is 34.5 Å². The van der Waals surface area contributed by atoms with Crippen LogP contribution in [0.5, 0.6) is 0 Å². The zero-order valence-electron chi connectivity index (χ0n) is 6.95. The Bertz CT molecular complexity index is 301. The van der Waals surface area contributed by atoms with E-state index in [9.17, 15) is 0 Å². The molecule has 0 radical (unpaired) electrons. The highest BCUT2D eigenvalue weighted by Gasteiger charge is 2.06. The maximum Gasteiger partial charge on any atom is 0.101 e. The second-order valence-electron chi connectivity index (χ2n) is 2.47. The maximum absolute atomic E-state index is 8.70. The fourth-order valence-electron chi connectivity index (χ4n) is 0.984. The van der Waals surface area contributed by atoms with E-state index < -0.39 is 0 Å². The molecule has 0 saturated heterocycles. The molecule has 1 rings (SSSR count). The number of rotatable bonds is 3. The molecule has 1 heterocycles. The van der Waals surface area contributed by atoms with Crippen LogP contribution < -0.4 is 0 Å². The Balaban J connectivity index is 2.95. The fraction of sp³-hybridized carbons (Fsp3) is 0.222. The molecule has 0 aliphatic carbocycles. The third-order valence-electron chi connectivity index (χ3n) is 1.58. The Morgan fingerprint density at radius 1 is 1.83 bits per heavy atom. The van der Waals surface area contributed by atoms with Crippen LogP contribution in [-0.2, 0) is 0 Å². The van der Waals surface area contributed by atoms with Crippen molar-refractivity contribution >= 4 is 17.0 Å². The topological polar surface area (TPSA) is 32.6 Å². The molecule has 1 aromatic rings. The molecule has 0 amide bonds. The van der Waals surface area contributed by atoms with Crippen molar-refractivity contribution in [2.45, 2.75) is 13.3 Å². The Morgan fingerprint density at radius 3 is 3.00 bits per heavy atom. The van der Waals surface area contributed by atoms with Gasteiger partial charge >= 0.3 is 0 Å². The smallest absolute Gasteiger partial charge is 0.101 e. The summed E-state index contributed by atoms with van der Waals surface area (Å²) in [4.78, 5) is 1.04. The van der Waals surface area contributed by atoms with Gasteiger partial charge in [0.2, 0.25) is 0 Å². The first-order valence-electron chi connectivity index (χ1n) is 3.66. The minimum atomic E-state index is 0.609. The van der Waals surface area contributed by atoms with Crippen LogP contribution in [0.4, 0.5) is 0 Å². The number of hydrogen-bond acceptors (Lipinski definition) is 3. The van der Waals surface area contributed by atoms with Gasteiger partial charge in [0.25, 0.3) is 0 Å². The van der Waals surface area contributed by atoms with Crippen LogP contribution in [0.3, 0.4) is 0 Å². The van der Waals surface area contributed by atoms with Crippen LogP contribution in [-0.4, -0.2) is 10.9 Å². The normalized spacial score (nSPS) is 11.6. The molecule has 64 valence electrons. The highest BCUT2D eigenvalue weighted by atomic mass is 32.1. The van der Waals surface area contributed by atoms with Gasteiger partial charge in [-0.05, 0) is 23.9 Å². The van der Waals surface area contributed by atoms with Crippen LogP contribution >= 0.6 is 11.3 Å². The van der Waals surface area contributed by atoms with E-state index in [-0.39, 0.29) is 0 Å². The molecule has 0 spiro atoms. The molecule has 0 fully saturated rings. The number of hydrogen-bond donors (Lipinski definition) is 1. The summed E-state index contributed by atoms with van der Waals surface area (Å²) in [5.74, 6) is 0. The van der Waals surface area contributed by atoms with Gasteiger partial charge in [0.1, 0.15) is 5.71 Å². The Morgan fingerprint density at radius 2 is 2.58 bits per heavy atom. The van der Waals surface area contributed by atoms with E-state index in [1.807, 2.05) is 18.4 Å². The van der Waals surface area contributed by atoms with Crippen molar-refractivity contribution in [2.24, 2.45) is 5.16 Å². The average molecular weight is 181 g/mol. The summed E-state index contributed by atoms with van der Waals surface area (Å²) in [5.41, 5.74) is 1.84. The van der Waals surface area contributed by atoms with Gasteiger partial charge in [0, 0.05) is 6.42 Å². The van der Waals surface area contributed by atoms with Crippen molar-refractivity contribution in [2.75, 3.05) is 0 Å². The molecule has 0 unspecified atom stereocenters. The SMILES string of the molecule is C=CC/C(=N\O)c1sccc1C. The van der Waals surface area contributed by atoms with E-state index in [0.717, 1.165) is 10.4 Å². The van der Waals surface area contributed by atoms with Crippen molar-refractivity contribution in [1.82, 2.24) is 0 Å². The van der Waals surface area contributed by atoms with Gasteiger partial charge < -0.3 is 5.21 Å². The summed E-state index contributed by atoms with van der Waals surface area (Å²) in [7, 11) is 0. The van der Waals surface area contributed by atoms with Gasteiger partial charge in [0.05, 0.1) is 4.88 Å². The highest BCUT2D eigenvalue weighted by Crippen LogP contribution is 2.18. The Labute approximate surface area is 75.9 Å². The third kappa shape index (κ3) is 1.74. The number of thiophene rings is 1. The summed E-state index contributed by atoms with van der Waals surface area (Å²) >= 11 is 1.58. The molecule has 0 aromatic carbocycles. The quantitative estimate of drug-likeness (QED) is 0.331. The number of oxime groups is 1. The van der Waals surface area contributed by atoms with E-state index in [4.69, 9.17) is 5.21 Å². The zero-order valence-corrected chi connectivity index (χ0v) is 7.77. The number of aryl methyl sites for hydroxylation is 1. The molecule has 0 saturated carbocycles. The van der Waals surface area contributed by atoms with Crippen molar-refractivity contribution < 1.29 is 5.21 Å². The van der Waals surface area contributed by atoms with Crippen LogP contribution in [0.2, 0.25) is 0 Å². The largest absolute Gasteiger partial charge is 0.411 e. The van der Waals surface area contributed by atoms with E-state index in [1.165, 1.54) is 0 Å². The van der Waals surface area contributed by atoms with Gasteiger partial charge in [-0.2, -0.15) is 0 Å². The lowest BCUT2D eigenvalue weighted by Crippen LogP contribution is -1.97. The van der Waals surface area contributed by atoms with Gasteiger partial charge in [-0.1, -0.05) is 11.2 Å². The first-order valence-corrected chi connectivity index (χ1v) is 4.54. The summed E-state index contributed by atoms with van der Waals surface area (Å²) in [6.07, 6.45) is 2.34. The minimum Gasteiger partial charge on any atom is -0.411 e. The second kappa shape index (κ2) is 4.07. The first-order chi connectivity index (χ1) is 5.79. The Hall–Kier alpha value is -1.09. The van der Waals surface area contributed by atoms with Gasteiger partial charge in [-0.15, -0.1) is 17.9 Å². The highest BCUT2D eigenvalue weighted by molar-refractivity contribution is 7.12. The third-order valence-corrected chi connectivity index (χ3v) is 2.65. The first kappa shape index (κ1) is 9.00. The molecule has 0 atom stereocenters. The van der Waals surface area contributed by atoms with Crippen LogP contribution in [0.15, 0.2) is 29.3 Å². The van der Waals surface area contributed by atoms with Gasteiger partial charge in [0.15, 0.2) is 0 Å². The van der Waals surface area contributed by atoms with E-state index in [2.05, 4.69) is 11.7 Å². The zero-order chi connectivity index (χ0) is 8.97. The minimum absolute atomic E-state index is 0.609. The monoisotopic (exact) mass is 181 g/mol. The Kier molecular flexibility index (Phi) is 3.05. The summed E-state index contributed by atoms with van der Waals surface area (Å²) in [5, 5.41) is 13.9. The summed E-state index contributed by atoms with van der Waals surface area (Å²) in [6, 6.07) is 2.01. The van der Waals surface area contributed by atoms with Gasteiger partial charge in [-0.25, -0.2) is 0 Å². The maximum atomic E-state index is 8.70. The van der Waals surface area contributed by atoms with Crippen LogP contribution in [0, 0.1) is 6.92 Å². The molecule has 3 heteroatoms. The summed E-state index contributed by atoms with van der Waals surface area (Å²) in [6.45, 7) is 5.60. The van der Waals surface area contributed by atoms with Crippen molar-refractivity contribution in [3.8, 4) is 0 Å². The molecule has 1 N–H and O–H groups in total. The van der Waals surface area contributed by atoms with Crippen molar-refractivity contribution in [3.63, 3.8) is 0 Å². The van der Waals surface area contributed by atoms with E-state index in [1.54, 1.807) is 17.4 Å². The molecule has 0 aliphatic rings. The predicted octanol–water partition coefficient (Wildman–Crippen LogP) is 2.81. The standard InChI is InChI=1S/C9H11NOS/c1-3-4-8(10-11)9-7(2)5-6-12-9/h3,5-6,11H,1,4H2,2H3/b10-8+. The lowest BCUT2D eigenvalue weighted by Gasteiger charge is -1.98. The molecule has 0 bridgehead atoms. The average Bonchev–Trinajstić information content (AvgIpc) is 2.47. The lowest BCUT2D eigenvalue weighted by molar-refractivity contribution is 0.318. The molecular formula is C9H11NOS. The molecular weight excluding hydrogens is 170 g/mol. The number of nitrogens with zero attached hydrogens (tertiary/aromatic N) is 1. The molecule has 12 heavy (non-hydrogen) atoms. The van der Waals surface area contributed by atoms with Crippen LogP contribution in [0.25, 0.3) is 0 Å². The molecule has 1 aromatic heterocycles. The summed E-state index contributed by atoms with van der Waals surface area (Å²) < 4.78 is 0. The number of allylic oxidation sites excluding steroid dienone is 1. The van der Waals surface area contributed by atoms with E-state index >= 15 is 0 Å². The fourth-order valence-corrected chi connectivity index (χ4v) is 1.91. The van der Waals surface area contributed by atoms with Gasteiger partial charge in [-0.3, -0.25) is 0 Å². The van der Waals surface area contributed by atoms with E-state index in [0.29, 0.717) is 12.1 Å². The molecule has 0 aliphatic heterocycles. The second-order valence-corrected chi connectivity index (χ2v) is 3.39. The predicted molar refractivity (Wildman–Crippen MR) is 52.2 cm³/mol. The lowest BCUT2D eigenvalue weighted by atomic mass is 10.1. The molecule has 2 nitrogen and oxygen atoms in total. The van der Waals surface area contributed by atoms with Crippen molar-refractivity contribution in [1.29, 1.82) is 0 Å². The van der Waals surface area contributed by atoms with Crippen LogP contribution in [0.1, 0.15) is 16.9 Å².